The molecular weight excluding hydrogens is 277 g/mol. The number of rotatable bonds is 2. The zero-order valence-electron chi connectivity index (χ0n) is 9.76. The number of benzene rings is 1. The maximum atomic E-state index is 6.25. The molecule has 0 aliphatic heterocycles. The first-order valence-corrected chi connectivity index (χ1v) is 6.13. The molecule has 0 saturated heterocycles. The van der Waals surface area contributed by atoms with Crippen molar-refractivity contribution in [3.05, 3.63) is 39.5 Å². The third-order valence-electron chi connectivity index (χ3n) is 2.62. The molecule has 0 N–H and O–H groups in total. The maximum Gasteiger partial charge on any atom is 0.0764 e. The summed E-state index contributed by atoms with van der Waals surface area (Å²) in [5.74, 6) is 0. The van der Waals surface area contributed by atoms with Gasteiger partial charge in [-0.25, -0.2) is 0 Å². The van der Waals surface area contributed by atoms with Crippen LogP contribution in [-0.4, -0.2) is 4.98 Å². The van der Waals surface area contributed by atoms with Crippen molar-refractivity contribution in [1.29, 1.82) is 0 Å². The highest BCUT2D eigenvalue weighted by molar-refractivity contribution is 6.42. The van der Waals surface area contributed by atoms with Crippen molar-refractivity contribution in [2.45, 2.75) is 26.7 Å². The van der Waals surface area contributed by atoms with Crippen LogP contribution in [0.3, 0.4) is 0 Å². The van der Waals surface area contributed by atoms with Crippen molar-refractivity contribution in [2.75, 3.05) is 0 Å². The molecule has 1 heterocycles. The summed E-state index contributed by atoms with van der Waals surface area (Å²) in [6.07, 6.45) is 2.01. The van der Waals surface area contributed by atoms with E-state index in [2.05, 4.69) is 11.9 Å². The van der Waals surface area contributed by atoms with Gasteiger partial charge in [0.2, 0.25) is 0 Å². The van der Waals surface area contributed by atoms with Crippen molar-refractivity contribution in [3.63, 3.8) is 0 Å². The molecule has 4 heteroatoms. The summed E-state index contributed by atoms with van der Waals surface area (Å²) in [7, 11) is 0. The highest BCUT2D eigenvalue weighted by Gasteiger charge is 2.09. The molecule has 1 aromatic carbocycles. The Morgan fingerprint density at radius 1 is 1.18 bits per heavy atom. The van der Waals surface area contributed by atoms with Crippen LogP contribution < -0.4 is 0 Å². The molecule has 0 atom stereocenters. The molecular formula is C13H14Cl3N. The van der Waals surface area contributed by atoms with E-state index >= 15 is 0 Å². The van der Waals surface area contributed by atoms with E-state index in [1.165, 1.54) is 0 Å². The van der Waals surface area contributed by atoms with Crippen molar-refractivity contribution in [2.24, 2.45) is 0 Å². The molecule has 0 bridgehead atoms. The summed E-state index contributed by atoms with van der Waals surface area (Å²) in [6.45, 7) is 4.16. The van der Waals surface area contributed by atoms with Crippen LogP contribution >= 0.6 is 35.6 Å². The Morgan fingerprint density at radius 3 is 2.53 bits per heavy atom. The summed E-state index contributed by atoms with van der Waals surface area (Å²) >= 11 is 12.4. The zero-order valence-corrected chi connectivity index (χ0v) is 12.1. The Labute approximate surface area is 118 Å². The number of fused-ring (bicyclic) bond motifs is 1. The molecule has 2 aromatic rings. The lowest BCUT2D eigenvalue weighted by Gasteiger charge is -2.08. The lowest BCUT2D eigenvalue weighted by Crippen LogP contribution is -1.93. The quantitative estimate of drug-likeness (QED) is 0.738. The second-order valence-corrected chi connectivity index (χ2v) is 4.75. The molecule has 2 rings (SSSR count). The lowest BCUT2D eigenvalue weighted by molar-refractivity contribution is 0.889. The SMILES string of the molecule is CCCc1cc(Cl)c2c(Cl)ccc(C)c2n1.Cl. The normalized spacial score (nSPS) is 10.4. The summed E-state index contributed by atoms with van der Waals surface area (Å²) in [6, 6.07) is 5.76. The molecule has 0 spiro atoms. The van der Waals surface area contributed by atoms with Gasteiger partial charge in [-0.2, -0.15) is 0 Å². The molecule has 0 saturated carbocycles. The van der Waals surface area contributed by atoms with E-state index in [0.29, 0.717) is 10.0 Å². The first kappa shape index (κ1) is 14.6. The highest BCUT2D eigenvalue weighted by atomic mass is 35.5. The molecule has 0 unspecified atom stereocenters. The minimum Gasteiger partial charge on any atom is -0.252 e. The molecule has 1 aromatic heterocycles. The Bertz CT molecular complexity index is 538. The van der Waals surface area contributed by atoms with E-state index in [9.17, 15) is 0 Å². The average molecular weight is 291 g/mol. The van der Waals surface area contributed by atoms with Crippen LogP contribution in [0.15, 0.2) is 18.2 Å². The molecule has 1 nitrogen and oxygen atoms in total. The van der Waals surface area contributed by atoms with Crippen LogP contribution in [0.4, 0.5) is 0 Å². The molecule has 0 radical (unpaired) electrons. The first-order valence-electron chi connectivity index (χ1n) is 5.37. The van der Waals surface area contributed by atoms with Gasteiger partial charge in [-0.1, -0.05) is 42.6 Å². The predicted molar refractivity (Wildman–Crippen MR) is 77.7 cm³/mol. The fourth-order valence-corrected chi connectivity index (χ4v) is 2.44. The number of hydrogen-bond donors (Lipinski definition) is 0. The smallest absolute Gasteiger partial charge is 0.0764 e. The van der Waals surface area contributed by atoms with Gasteiger partial charge in [0.1, 0.15) is 0 Å². The van der Waals surface area contributed by atoms with E-state index in [1.54, 1.807) is 0 Å². The first-order chi connectivity index (χ1) is 7.63. The summed E-state index contributed by atoms with van der Waals surface area (Å²) in [4.78, 5) is 4.62. The van der Waals surface area contributed by atoms with Gasteiger partial charge in [-0.3, -0.25) is 4.98 Å². The van der Waals surface area contributed by atoms with Crippen molar-refractivity contribution < 1.29 is 0 Å². The van der Waals surface area contributed by atoms with Gasteiger partial charge in [0.25, 0.3) is 0 Å². The zero-order chi connectivity index (χ0) is 11.7. The van der Waals surface area contributed by atoms with Gasteiger partial charge in [0, 0.05) is 11.1 Å². The van der Waals surface area contributed by atoms with E-state index in [4.69, 9.17) is 23.2 Å². The Morgan fingerprint density at radius 2 is 1.88 bits per heavy atom. The number of pyridine rings is 1. The standard InChI is InChI=1S/C13H13Cl2N.ClH/c1-3-4-9-7-11(15)12-10(14)6-5-8(2)13(12)16-9;/h5-7H,3-4H2,1-2H3;1H. The Balaban J connectivity index is 0.00000144. The molecule has 0 fully saturated rings. The third-order valence-corrected chi connectivity index (χ3v) is 3.24. The van der Waals surface area contributed by atoms with Gasteiger partial charge in [0.05, 0.1) is 15.6 Å². The van der Waals surface area contributed by atoms with Crippen LogP contribution in [0.25, 0.3) is 10.9 Å². The monoisotopic (exact) mass is 289 g/mol. The van der Waals surface area contributed by atoms with Crippen LogP contribution in [0.5, 0.6) is 0 Å². The fourth-order valence-electron chi connectivity index (χ4n) is 1.82. The maximum absolute atomic E-state index is 6.25. The minimum absolute atomic E-state index is 0. The van der Waals surface area contributed by atoms with E-state index < -0.39 is 0 Å². The Kier molecular flexibility index (Phi) is 5.05. The van der Waals surface area contributed by atoms with E-state index in [1.807, 2.05) is 25.1 Å². The summed E-state index contributed by atoms with van der Waals surface area (Å²) < 4.78 is 0. The highest BCUT2D eigenvalue weighted by Crippen LogP contribution is 2.31. The van der Waals surface area contributed by atoms with Crippen LogP contribution in [-0.2, 0) is 6.42 Å². The number of hydrogen-bond acceptors (Lipinski definition) is 1. The summed E-state index contributed by atoms with van der Waals surface area (Å²) in [5, 5.41) is 2.23. The van der Waals surface area contributed by atoms with Gasteiger partial charge >= 0.3 is 0 Å². The fraction of sp³-hybridized carbons (Fsp3) is 0.308. The second kappa shape index (κ2) is 5.90. The Hall–Kier alpha value is -0.500. The molecule has 0 amide bonds. The molecule has 17 heavy (non-hydrogen) atoms. The van der Waals surface area contributed by atoms with Crippen LogP contribution in [0.1, 0.15) is 24.6 Å². The van der Waals surface area contributed by atoms with E-state index in [0.717, 1.165) is 35.0 Å². The van der Waals surface area contributed by atoms with Crippen molar-refractivity contribution in [1.82, 2.24) is 4.98 Å². The summed E-state index contributed by atoms with van der Waals surface area (Å²) in [5.41, 5.74) is 3.06. The molecule has 0 aliphatic carbocycles. The lowest BCUT2D eigenvalue weighted by atomic mass is 10.1. The number of aromatic nitrogens is 1. The molecule has 0 aliphatic rings. The number of halogens is 3. The van der Waals surface area contributed by atoms with Crippen LogP contribution in [0.2, 0.25) is 10.0 Å². The number of nitrogens with zero attached hydrogens (tertiary/aromatic N) is 1. The van der Waals surface area contributed by atoms with Gasteiger partial charge in [-0.05, 0) is 31.0 Å². The van der Waals surface area contributed by atoms with E-state index in [-0.39, 0.29) is 12.4 Å². The number of aryl methyl sites for hydroxylation is 2. The topological polar surface area (TPSA) is 12.9 Å². The second-order valence-electron chi connectivity index (χ2n) is 3.93. The van der Waals surface area contributed by atoms with Crippen molar-refractivity contribution in [3.8, 4) is 0 Å². The largest absolute Gasteiger partial charge is 0.252 e. The van der Waals surface area contributed by atoms with Gasteiger partial charge in [-0.15, -0.1) is 12.4 Å². The molecule has 92 valence electrons. The predicted octanol–water partition coefficient (Wildman–Crippen LogP) is 5.22. The van der Waals surface area contributed by atoms with Crippen LogP contribution in [0, 0.1) is 6.92 Å². The third kappa shape index (κ3) is 2.85. The van der Waals surface area contributed by atoms with Gasteiger partial charge < -0.3 is 0 Å². The van der Waals surface area contributed by atoms with Gasteiger partial charge in [0.15, 0.2) is 0 Å². The van der Waals surface area contributed by atoms with Crippen molar-refractivity contribution >= 4 is 46.5 Å². The average Bonchev–Trinajstić information content (AvgIpc) is 2.23. The minimum atomic E-state index is 0.